The van der Waals surface area contributed by atoms with Crippen LogP contribution in [0, 0.1) is 29.7 Å². The highest BCUT2D eigenvalue weighted by atomic mass is 35.5. The van der Waals surface area contributed by atoms with E-state index in [1.165, 1.54) is 11.8 Å². The van der Waals surface area contributed by atoms with Crippen LogP contribution in [0.15, 0.2) is 11.5 Å². The molecule has 0 bridgehead atoms. The van der Waals surface area contributed by atoms with Crippen molar-refractivity contribution in [1.29, 1.82) is 0 Å². The van der Waals surface area contributed by atoms with Crippen molar-refractivity contribution >= 4 is 86.7 Å². The minimum absolute atomic E-state index is 0. The average Bonchev–Trinajstić information content (AvgIpc) is 3.41. The molecule has 48 heavy (non-hydrogen) atoms. The predicted octanol–water partition coefficient (Wildman–Crippen LogP) is 2.12. The van der Waals surface area contributed by atoms with Crippen LogP contribution in [0.4, 0.5) is 19.0 Å². The number of phosphoric acid groups is 1. The van der Waals surface area contributed by atoms with E-state index in [4.69, 9.17) is 27.9 Å². The van der Waals surface area contributed by atoms with Gasteiger partial charge in [-0.25, -0.2) is 15.0 Å². The van der Waals surface area contributed by atoms with Gasteiger partial charge in [-0.05, 0) is 13.9 Å². The number of hydrogen-bond donors (Lipinski definition) is 3. The van der Waals surface area contributed by atoms with Crippen LogP contribution in [0.5, 0.6) is 0 Å². The number of thioether (sulfide) groups is 2. The molecule has 3 heterocycles. The van der Waals surface area contributed by atoms with E-state index in [9.17, 15) is 56.7 Å². The zero-order valence-corrected chi connectivity index (χ0v) is 31.6. The Labute approximate surface area is 294 Å². The molecule has 0 aromatic carbocycles. The largest absolute Gasteiger partial charge is 0.808 e. The summed E-state index contributed by atoms with van der Waals surface area (Å²) in [5, 5.41) is 24.0. The Morgan fingerprint density at radius 1 is 1.06 bits per heavy atom. The maximum atomic E-state index is 12.7. The molecule has 0 radical (unpaired) electrons. The average molecular weight is 832 g/mol. The number of fused-ring (bicyclic) bond motifs is 1. The fourth-order valence-corrected chi connectivity index (χ4v) is 8.59. The molecule has 2 aromatic rings. The number of nitrogens with zero attached hydrogens (tertiary/aromatic N) is 4. The predicted molar refractivity (Wildman–Crippen MR) is 169 cm³/mol. The smallest absolute Gasteiger partial charge is 0.389 e. The number of halogens is 5. The number of alkyl halides is 5. The monoisotopic (exact) mass is 831 g/mol. The number of anilines is 1. The van der Waals surface area contributed by atoms with Gasteiger partial charge < -0.3 is 53.5 Å². The van der Waals surface area contributed by atoms with Crippen molar-refractivity contribution in [1.82, 2.24) is 19.5 Å². The van der Waals surface area contributed by atoms with Gasteiger partial charge in [0.1, 0.15) is 18.3 Å². The van der Waals surface area contributed by atoms with E-state index < -0.39 is 76.3 Å². The second-order valence-electron chi connectivity index (χ2n) is 8.69. The number of ether oxygens (including phenoxy) is 1. The van der Waals surface area contributed by atoms with Crippen LogP contribution in [0.3, 0.4) is 0 Å². The van der Waals surface area contributed by atoms with Gasteiger partial charge in [-0.3, -0.25) is 13.4 Å². The van der Waals surface area contributed by atoms with Crippen molar-refractivity contribution in [2.75, 3.05) is 36.2 Å². The third-order valence-electron chi connectivity index (χ3n) is 5.49. The zero-order chi connectivity index (χ0) is 33.3. The molecule has 276 valence electrons. The van der Waals surface area contributed by atoms with Crippen molar-refractivity contribution in [2.24, 2.45) is 0 Å². The minimum Gasteiger partial charge on any atom is -0.808 e. The molecule has 0 spiro atoms. The standard InChI is InChI=1S/C17H25Cl2F3N5O12P3S2.4CH3/c1-43-5-3-23-12-9-13(26-15(25-12)44-4-2-16(20,21)22)27(7-24-9)14-11(29)10(28)8(38-14)6-37-42(35,36)39-41(33,34)17(18,19)40(30,31)32;;;;/h7-8,10-11,14,28-29H,2-6H2,1H3,(H,33,34)(H,35,36)(H,23,25,26)(H2,30,31,32);4*1H3/q;4*+1/p-4/t8-,10?,11+,14-;;;;/m1..../s1. The lowest BCUT2D eigenvalue weighted by Crippen LogP contribution is -2.35. The van der Waals surface area contributed by atoms with Gasteiger partial charge in [0.15, 0.2) is 36.0 Å². The summed E-state index contributed by atoms with van der Waals surface area (Å²) < 4.78 is 83.4. The molecule has 1 saturated heterocycles. The first kappa shape index (κ1) is 49.3. The normalized spacial score (nSPS) is 22.3. The topological polar surface area (TPSA) is 267 Å². The van der Waals surface area contributed by atoms with Crippen LogP contribution in [-0.2, 0) is 27.3 Å². The molecule has 1 fully saturated rings. The third-order valence-corrected chi connectivity index (χ3v) is 14.3. The third kappa shape index (κ3) is 11.9. The van der Waals surface area contributed by atoms with Gasteiger partial charge in [0.2, 0.25) is 3.82 Å². The first-order valence-electron chi connectivity index (χ1n) is 11.7. The number of nitrogens with one attached hydrogen (secondary N) is 1. The number of rotatable bonds is 15. The quantitative estimate of drug-likeness (QED) is 0.0579. The highest BCUT2D eigenvalue weighted by Crippen LogP contribution is 2.74. The summed E-state index contributed by atoms with van der Waals surface area (Å²) in [7, 11) is -18.8. The Morgan fingerprint density at radius 2 is 1.67 bits per heavy atom. The van der Waals surface area contributed by atoms with Crippen LogP contribution in [0.25, 0.3) is 11.2 Å². The van der Waals surface area contributed by atoms with E-state index in [0.29, 0.717) is 24.1 Å². The molecule has 2 aromatic heterocycles. The highest BCUT2D eigenvalue weighted by Gasteiger charge is 2.47. The Morgan fingerprint density at radius 3 is 2.21 bits per heavy atom. The molecule has 17 nitrogen and oxygen atoms in total. The van der Waals surface area contributed by atoms with Gasteiger partial charge in [0.25, 0.3) is 7.82 Å². The molecular formula is C21H33Cl2F3N5O12P3S2. The summed E-state index contributed by atoms with van der Waals surface area (Å²) in [6, 6.07) is 0. The van der Waals surface area contributed by atoms with Gasteiger partial charge >= 0.3 is 6.18 Å². The minimum atomic E-state index is -6.40. The van der Waals surface area contributed by atoms with Gasteiger partial charge in [-0.15, -0.1) is 0 Å². The van der Waals surface area contributed by atoms with E-state index >= 15 is 0 Å². The summed E-state index contributed by atoms with van der Waals surface area (Å²) in [5.41, 5.74) is 0.0592. The van der Waals surface area contributed by atoms with Gasteiger partial charge in [0.05, 0.1) is 19.4 Å². The molecule has 0 saturated carbocycles. The highest BCUT2D eigenvalue weighted by molar-refractivity contribution is 7.99. The Balaban J connectivity index is 0. The summed E-state index contributed by atoms with van der Waals surface area (Å²) >= 11 is 12.2. The number of phosphoric ester groups is 1. The van der Waals surface area contributed by atoms with Crippen molar-refractivity contribution < 1.29 is 70.2 Å². The molecule has 27 heteroatoms. The molecule has 3 unspecified atom stereocenters. The first-order chi connectivity index (χ1) is 20.1. The molecule has 1 aliphatic rings. The maximum Gasteiger partial charge on any atom is 0.389 e. The van der Waals surface area contributed by atoms with Gasteiger partial charge in [0, 0.05) is 47.8 Å². The van der Waals surface area contributed by atoms with Gasteiger partial charge in [-0.2, -0.15) is 24.9 Å². The second kappa shape index (κ2) is 18.6. The number of imidazole rings is 1. The van der Waals surface area contributed by atoms with E-state index in [0.717, 1.165) is 10.9 Å². The molecule has 3 N–H and O–H groups in total. The van der Waals surface area contributed by atoms with E-state index in [1.54, 1.807) is 0 Å². The van der Waals surface area contributed by atoms with Crippen LogP contribution in [-0.4, -0.2) is 88.9 Å². The zero-order valence-electron chi connectivity index (χ0n) is 25.7. The van der Waals surface area contributed by atoms with Crippen molar-refractivity contribution in [3.8, 4) is 0 Å². The molecule has 1 aliphatic heterocycles. The molecule has 3 rings (SSSR count). The fraction of sp³-hybridized carbons (Fsp3) is 0.571. The lowest BCUT2D eigenvalue weighted by Gasteiger charge is -2.47. The lowest BCUT2D eigenvalue weighted by molar-refractivity contribution is -0.315. The Kier molecular flexibility index (Phi) is 19.2. The van der Waals surface area contributed by atoms with Crippen LogP contribution in [0.2, 0.25) is 0 Å². The van der Waals surface area contributed by atoms with E-state index in [1.807, 2.05) is 6.26 Å². The number of aliphatic hydroxyl groups excluding tert-OH is 2. The molecule has 0 amide bonds. The molecule has 6 atom stereocenters. The summed E-state index contributed by atoms with van der Waals surface area (Å²) in [5.74, 6) is 0.351. The van der Waals surface area contributed by atoms with E-state index in [-0.39, 0.29) is 51.8 Å². The van der Waals surface area contributed by atoms with E-state index in [2.05, 4.69) is 29.1 Å². The van der Waals surface area contributed by atoms with Crippen LogP contribution >= 0.6 is 69.7 Å². The summed E-state index contributed by atoms with van der Waals surface area (Å²) in [6.45, 7) is -0.835. The number of aliphatic hydroxyl groups is 2. The fourth-order valence-electron chi connectivity index (χ4n) is 3.42. The second-order valence-corrected chi connectivity index (χ2v) is 18.6. The Hall–Kier alpha value is -0.770. The number of hydrogen-bond acceptors (Lipinski definition) is 18. The first-order valence-corrected chi connectivity index (χ1v) is 19.3. The Bertz CT molecular complexity index is 1480. The number of aromatic nitrogens is 4. The summed E-state index contributed by atoms with van der Waals surface area (Å²) in [6.07, 6.45) is -9.61. The SMILES string of the molecule is CSCCNc1nc(SCCC(F)(F)F)nc2c1ncn2[C@@H]1O[C@H](COP(=O)([O-])OP(=O)([O-])C(Cl)(Cl)P(=O)([O-])[O-])C(O)[C@@H]1O.[CH3+].[CH3+].[CH3+].[CH3+]. The van der Waals surface area contributed by atoms with Crippen molar-refractivity contribution in [3.05, 3.63) is 36.0 Å². The van der Waals surface area contributed by atoms with Crippen LogP contribution < -0.4 is 24.9 Å². The maximum absolute atomic E-state index is 12.7. The van der Waals surface area contributed by atoms with Gasteiger partial charge in [-0.1, -0.05) is 35.0 Å². The molecular weight excluding hydrogens is 799 g/mol. The van der Waals surface area contributed by atoms with Crippen molar-refractivity contribution in [2.45, 2.75) is 46.1 Å². The molecule has 0 aliphatic carbocycles. The van der Waals surface area contributed by atoms with Crippen LogP contribution in [0.1, 0.15) is 12.6 Å². The summed E-state index contributed by atoms with van der Waals surface area (Å²) in [4.78, 5) is 58.6. The van der Waals surface area contributed by atoms with Crippen molar-refractivity contribution in [3.63, 3.8) is 0 Å². The lowest BCUT2D eigenvalue weighted by atomic mass is 10.1.